The number of fused-ring (bicyclic) bond motifs is 1. The van der Waals surface area contributed by atoms with Gasteiger partial charge in [0.15, 0.2) is 0 Å². The number of nitrogens with one attached hydrogen (secondary N) is 1. The van der Waals surface area contributed by atoms with E-state index in [0.29, 0.717) is 34.5 Å². The first kappa shape index (κ1) is 26.8. The molecule has 1 unspecified atom stereocenters. The molecule has 2 aliphatic heterocycles. The van der Waals surface area contributed by atoms with Crippen molar-refractivity contribution in [3.63, 3.8) is 0 Å². The van der Waals surface area contributed by atoms with Crippen LogP contribution in [0.15, 0.2) is 28.0 Å². The Morgan fingerprint density at radius 2 is 2.11 bits per heavy atom. The second-order valence-corrected chi connectivity index (χ2v) is 10.5. The minimum atomic E-state index is -0.921. The average Bonchev–Trinajstić information content (AvgIpc) is 3.14. The lowest BCUT2D eigenvalue weighted by Gasteiger charge is -2.36. The van der Waals surface area contributed by atoms with Crippen molar-refractivity contribution in [2.45, 2.75) is 45.6 Å². The minimum Gasteiger partial charge on any atom is -0.469 e. The van der Waals surface area contributed by atoms with E-state index in [9.17, 15) is 19.2 Å². The Morgan fingerprint density at radius 3 is 2.84 bits per heavy atom. The number of carbonyl (C=O) groups is 3. The van der Waals surface area contributed by atoms with Gasteiger partial charge in [-0.2, -0.15) is 0 Å². The molecule has 0 aliphatic carbocycles. The molecule has 196 valence electrons. The number of anilines is 1. The average molecular weight is 544 g/mol. The zero-order valence-electron chi connectivity index (χ0n) is 21.0. The van der Waals surface area contributed by atoms with E-state index >= 15 is 0 Å². The van der Waals surface area contributed by atoms with Gasteiger partial charge in [-0.1, -0.05) is 49.8 Å². The highest BCUT2D eigenvalue weighted by molar-refractivity contribution is 8.26. The van der Waals surface area contributed by atoms with Crippen molar-refractivity contribution in [2.24, 2.45) is 0 Å². The summed E-state index contributed by atoms with van der Waals surface area (Å²) in [6, 6.07) is 2.66. The standard InChI is InChI=1S/C25H29N5O5S2/c1-4-5-6-10-30-24(34)18(37-25(30)36)13-16-21(27-20-15(2)8-7-11-29(20)23(16)33)28-12-9-26-22(32)17(28)14-19(31)35-3/h7-8,11,13,17H,4-6,9-10,12,14H2,1-3H3,(H,26,32). The summed E-state index contributed by atoms with van der Waals surface area (Å²) >= 11 is 6.60. The number of ether oxygens (including phenoxy) is 1. The molecule has 12 heteroatoms. The molecule has 2 saturated heterocycles. The number of unbranched alkanes of at least 4 members (excludes halogenated alkanes) is 2. The highest BCUT2D eigenvalue weighted by Gasteiger charge is 2.36. The molecular formula is C25H29N5O5S2. The maximum atomic E-state index is 13.8. The van der Waals surface area contributed by atoms with Crippen molar-refractivity contribution in [1.29, 1.82) is 0 Å². The van der Waals surface area contributed by atoms with Crippen molar-refractivity contribution in [2.75, 3.05) is 31.6 Å². The van der Waals surface area contributed by atoms with Crippen LogP contribution >= 0.6 is 24.0 Å². The first-order valence-corrected chi connectivity index (χ1v) is 13.4. The number of methoxy groups -OCH3 is 1. The molecule has 0 saturated carbocycles. The number of amides is 2. The number of nitrogens with zero attached hydrogens (tertiary/aromatic N) is 4. The largest absolute Gasteiger partial charge is 0.469 e. The third-order valence-electron chi connectivity index (χ3n) is 6.39. The van der Waals surface area contributed by atoms with Crippen LogP contribution in [0.3, 0.4) is 0 Å². The maximum absolute atomic E-state index is 13.8. The predicted octanol–water partition coefficient (Wildman–Crippen LogP) is 2.26. The summed E-state index contributed by atoms with van der Waals surface area (Å²) in [7, 11) is 1.26. The molecule has 0 spiro atoms. The van der Waals surface area contributed by atoms with Crippen LogP contribution in [-0.2, 0) is 19.1 Å². The normalized spacial score (nSPS) is 19.2. The van der Waals surface area contributed by atoms with Gasteiger partial charge in [-0.3, -0.25) is 28.5 Å². The fourth-order valence-electron chi connectivity index (χ4n) is 4.40. The molecule has 1 N–H and O–H groups in total. The number of esters is 1. The van der Waals surface area contributed by atoms with Crippen LogP contribution in [0.5, 0.6) is 0 Å². The van der Waals surface area contributed by atoms with Gasteiger partial charge in [0.05, 0.1) is 24.0 Å². The number of thiocarbonyl (C=S) groups is 1. The Kier molecular flexibility index (Phi) is 8.28. The zero-order chi connectivity index (χ0) is 26.7. The fraction of sp³-hybridized carbons (Fsp3) is 0.440. The summed E-state index contributed by atoms with van der Waals surface area (Å²) in [4.78, 5) is 60.2. The van der Waals surface area contributed by atoms with Crippen molar-refractivity contribution in [3.8, 4) is 0 Å². The van der Waals surface area contributed by atoms with Gasteiger partial charge in [-0.25, -0.2) is 4.98 Å². The highest BCUT2D eigenvalue weighted by Crippen LogP contribution is 2.34. The van der Waals surface area contributed by atoms with E-state index < -0.39 is 12.0 Å². The molecule has 0 aromatic carbocycles. The molecule has 2 aromatic heterocycles. The van der Waals surface area contributed by atoms with Crippen molar-refractivity contribution >= 4 is 63.6 Å². The molecule has 1 atom stereocenters. The first-order valence-electron chi connectivity index (χ1n) is 12.1. The topological polar surface area (TPSA) is 113 Å². The number of hydrogen-bond acceptors (Lipinski definition) is 9. The molecule has 2 aromatic rings. The summed E-state index contributed by atoms with van der Waals surface area (Å²) < 4.78 is 6.67. The Morgan fingerprint density at radius 1 is 1.32 bits per heavy atom. The van der Waals surface area contributed by atoms with Gasteiger partial charge in [-0.15, -0.1) is 0 Å². The monoisotopic (exact) mass is 543 g/mol. The lowest BCUT2D eigenvalue weighted by atomic mass is 10.1. The molecule has 0 radical (unpaired) electrons. The van der Waals surface area contributed by atoms with E-state index in [0.717, 1.165) is 36.6 Å². The van der Waals surface area contributed by atoms with E-state index in [1.165, 1.54) is 17.6 Å². The van der Waals surface area contributed by atoms with Gasteiger partial charge in [0.1, 0.15) is 21.8 Å². The molecule has 4 rings (SSSR count). The number of aryl methyl sites for hydroxylation is 1. The lowest BCUT2D eigenvalue weighted by Crippen LogP contribution is -2.57. The molecule has 2 fully saturated rings. The van der Waals surface area contributed by atoms with Crippen LogP contribution in [-0.4, -0.2) is 69.2 Å². The van der Waals surface area contributed by atoms with E-state index in [2.05, 4.69) is 12.2 Å². The number of carbonyl (C=O) groups excluding carboxylic acids is 3. The van der Waals surface area contributed by atoms with Gasteiger partial charge in [0, 0.05) is 25.8 Å². The Balaban J connectivity index is 1.85. The van der Waals surface area contributed by atoms with Crippen molar-refractivity contribution < 1.29 is 19.1 Å². The van der Waals surface area contributed by atoms with Crippen LogP contribution in [0.2, 0.25) is 0 Å². The smallest absolute Gasteiger partial charge is 0.308 e. The quantitative estimate of drug-likeness (QED) is 0.232. The molecule has 2 amide bonds. The molecule has 37 heavy (non-hydrogen) atoms. The molecule has 0 bridgehead atoms. The number of rotatable bonds is 8. The summed E-state index contributed by atoms with van der Waals surface area (Å²) in [6.45, 7) is 5.07. The highest BCUT2D eigenvalue weighted by atomic mass is 32.2. The zero-order valence-corrected chi connectivity index (χ0v) is 22.6. The summed E-state index contributed by atoms with van der Waals surface area (Å²) in [5, 5.41) is 2.76. The molecule has 2 aliphatic rings. The van der Waals surface area contributed by atoms with Gasteiger partial charge in [-0.05, 0) is 31.1 Å². The second kappa shape index (κ2) is 11.4. The Labute approximate surface area is 224 Å². The van der Waals surface area contributed by atoms with Gasteiger partial charge < -0.3 is 15.0 Å². The predicted molar refractivity (Wildman–Crippen MR) is 146 cm³/mol. The van der Waals surface area contributed by atoms with E-state index in [1.807, 2.05) is 13.0 Å². The second-order valence-electron chi connectivity index (χ2n) is 8.86. The van der Waals surface area contributed by atoms with Gasteiger partial charge in [0.2, 0.25) is 5.91 Å². The van der Waals surface area contributed by atoms with E-state index in [4.69, 9.17) is 21.9 Å². The summed E-state index contributed by atoms with van der Waals surface area (Å²) in [5.41, 5.74) is 0.958. The van der Waals surface area contributed by atoms with Crippen LogP contribution in [0, 0.1) is 6.92 Å². The van der Waals surface area contributed by atoms with Crippen LogP contribution in [0.25, 0.3) is 11.7 Å². The molecule has 4 heterocycles. The third-order valence-corrected chi connectivity index (χ3v) is 7.77. The number of pyridine rings is 1. The number of hydrogen-bond donors (Lipinski definition) is 1. The minimum absolute atomic E-state index is 0.154. The summed E-state index contributed by atoms with van der Waals surface area (Å²) in [5.74, 6) is -0.945. The van der Waals surface area contributed by atoms with Gasteiger partial charge >= 0.3 is 5.97 Å². The Hall–Kier alpha value is -3.25. The first-order chi connectivity index (χ1) is 17.8. The van der Waals surface area contributed by atoms with E-state index in [-0.39, 0.29) is 35.2 Å². The SMILES string of the molecule is CCCCCN1C(=O)C(=Cc2c(N3CCNC(=O)C3CC(=O)OC)nc3c(C)cccn3c2=O)SC1=S. The maximum Gasteiger partial charge on any atom is 0.308 e. The lowest BCUT2D eigenvalue weighted by molar-refractivity contribution is -0.143. The van der Waals surface area contributed by atoms with Crippen LogP contribution in [0.4, 0.5) is 5.82 Å². The number of aromatic nitrogens is 2. The van der Waals surface area contributed by atoms with Gasteiger partial charge in [0.25, 0.3) is 11.5 Å². The van der Waals surface area contributed by atoms with Crippen molar-refractivity contribution in [3.05, 3.63) is 44.7 Å². The Bertz CT molecular complexity index is 1350. The van der Waals surface area contributed by atoms with E-state index in [1.54, 1.807) is 22.1 Å². The molecule has 10 nitrogen and oxygen atoms in total. The fourth-order valence-corrected chi connectivity index (χ4v) is 5.69. The van der Waals surface area contributed by atoms with Crippen LogP contribution < -0.4 is 15.8 Å². The third kappa shape index (κ3) is 5.40. The summed E-state index contributed by atoms with van der Waals surface area (Å²) in [6.07, 6.45) is 5.75. The number of piperazine rings is 1. The molecular weight excluding hydrogens is 514 g/mol. The van der Waals surface area contributed by atoms with Crippen LogP contribution in [0.1, 0.15) is 43.7 Å². The number of thioether (sulfide) groups is 1. The van der Waals surface area contributed by atoms with Crippen molar-refractivity contribution in [1.82, 2.24) is 19.6 Å².